The van der Waals surface area contributed by atoms with Gasteiger partial charge in [-0.05, 0) is 40.0 Å². The number of thioether (sulfide) groups is 1. The molecule has 0 aliphatic heterocycles. The van der Waals surface area contributed by atoms with E-state index in [2.05, 4.69) is 53.2 Å². The van der Waals surface area contributed by atoms with E-state index in [1.807, 2.05) is 23.9 Å². The minimum absolute atomic E-state index is 0.809. The molecule has 0 bridgehead atoms. The normalized spacial score (nSPS) is 10.6. The van der Waals surface area contributed by atoms with Gasteiger partial charge in [-0.2, -0.15) is 11.8 Å². The summed E-state index contributed by atoms with van der Waals surface area (Å²) >= 11 is 5.45. The molecule has 0 saturated carbocycles. The number of nitrogens with two attached hydrogens (primary N) is 1. The lowest BCUT2D eigenvalue weighted by molar-refractivity contribution is 1.33. The molecule has 0 aliphatic rings. The zero-order valence-corrected chi connectivity index (χ0v) is 12.7. The van der Waals surface area contributed by atoms with Gasteiger partial charge in [0.1, 0.15) is 0 Å². The lowest BCUT2D eigenvalue weighted by atomic mass is 10.2. The van der Waals surface area contributed by atoms with Crippen molar-refractivity contribution >= 4 is 33.4 Å². The zero-order valence-electron chi connectivity index (χ0n) is 10.3. The monoisotopic (exact) mass is 321 g/mol. The highest BCUT2D eigenvalue weighted by molar-refractivity contribution is 9.10. The predicted molar refractivity (Wildman–Crippen MR) is 84.7 cm³/mol. The van der Waals surface area contributed by atoms with Crippen LogP contribution in [-0.2, 0) is 11.5 Å². The van der Waals surface area contributed by atoms with Crippen LogP contribution in [0.2, 0.25) is 0 Å². The Hall–Kier alpha value is -0.930. The van der Waals surface area contributed by atoms with Gasteiger partial charge in [-0.25, -0.2) is 0 Å². The molecular weight excluding hydrogens is 306 g/mol. The van der Waals surface area contributed by atoms with E-state index in [1.54, 1.807) is 0 Å². The van der Waals surface area contributed by atoms with Crippen molar-refractivity contribution in [2.45, 2.75) is 18.4 Å². The van der Waals surface area contributed by atoms with Gasteiger partial charge < -0.3 is 5.73 Å². The molecule has 18 heavy (non-hydrogen) atoms. The largest absolute Gasteiger partial charge is 0.398 e. The van der Waals surface area contributed by atoms with Gasteiger partial charge in [0.25, 0.3) is 0 Å². The Morgan fingerprint density at radius 3 is 2.67 bits per heavy atom. The summed E-state index contributed by atoms with van der Waals surface area (Å²) in [4.78, 5) is 0. The summed E-state index contributed by atoms with van der Waals surface area (Å²) in [6, 6.07) is 14.7. The molecule has 0 aromatic heterocycles. The number of anilines is 1. The van der Waals surface area contributed by atoms with E-state index < -0.39 is 0 Å². The zero-order chi connectivity index (χ0) is 13.0. The lowest BCUT2D eigenvalue weighted by Crippen LogP contribution is -1.91. The second-order valence-corrected chi connectivity index (χ2v) is 6.08. The molecule has 0 unspecified atom stereocenters. The van der Waals surface area contributed by atoms with E-state index in [9.17, 15) is 0 Å². The highest BCUT2D eigenvalue weighted by Gasteiger charge is 2.03. The van der Waals surface area contributed by atoms with Gasteiger partial charge in [0.05, 0.1) is 0 Å². The van der Waals surface area contributed by atoms with Gasteiger partial charge >= 0.3 is 0 Å². The standard InChI is InChI=1S/C15H16BrNS/c1-11-4-2-5-12(8-11)9-18-10-13-6-3-7-14(17)15(13)16/h2-8H,9-10,17H2,1H3. The fraction of sp³-hybridized carbons (Fsp3) is 0.200. The smallest absolute Gasteiger partial charge is 0.0461 e. The van der Waals surface area contributed by atoms with Gasteiger partial charge in [0.15, 0.2) is 0 Å². The van der Waals surface area contributed by atoms with Crippen LogP contribution < -0.4 is 5.73 Å². The van der Waals surface area contributed by atoms with Gasteiger partial charge in [0.2, 0.25) is 0 Å². The number of nitrogen functional groups attached to an aromatic ring is 1. The summed E-state index contributed by atoms with van der Waals surface area (Å²) < 4.78 is 1.03. The highest BCUT2D eigenvalue weighted by Crippen LogP contribution is 2.28. The Morgan fingerprint density at radius 1 is 1.11 bits per heavy atom. The third-order valence-electron chi connectivity index (χ3n) is 2.72. The molecule has 0 spiro atoms. The van der Waals surface area contributed by atoms with Crippen molar-refractivity contribution in [2.24, 2.45) is 0 Å². The maximum Gasteiger partial charge on any atom is 0.0461 e. The maximum absolute atomic E-state index is 5.87. The summed E-state index contributed by atoms with van der Waals surface area (Å²) in [6.07, 6.45) is 0. The maximum atomic E-state index is 5.87. The van der Waals surface area contributed by atoms with E-state index in [0.717, 1.165) is 21.7 Å². The fourth-order valence-electron chi connectivity index (χ4n) is 1.79. The van der Waals surface area contributed by atoms with E-state index in [4.69, 9.17) is 5.73 Å². The van der Waals surface area contributed by atoms with Crippen LogP contribution in [0.1, 0.15) is 16.7 Å². The molecule has 0 atom stereocenters. The Bertz CT molecular complexity index is 540. The Balaban J connectivity index is 1.94. The number of benzene rings is 2. The van der Waals surface area contributed by atoms with Gasteiger partial charge in [-0.1, -0.05) is 42.0 Å². The first kappa shape index (κ1) is 13.5. The number of hydrogen-bond donors (Lipinski definition) is 1. The van der Waals surface area contributed by atoms with Crippen molar-refractivity contribution in [3.8, 4) is 0 Å². The minimum atomic E-state index is 0.809. The first-order chi connectivity index (χ1) is 8.66. The molecular formula is C15H16BrNS. The topological polar surface area (TPSA) is 26.0 Å². The van der Waals surface area contributed by atoms with E-state index in [1.165, 1.54) is 16.7 Å². The predicted octanol–water partition coefficient (Wildman–Crippen LogP) is 4.77. The van der Waals surface area contributed by atoms with Crippen LogP contribution in [-0.4, -0.2) is 0 Å². The Kier molecular flexibility index (Phi) is 4.72. The molecule has 2 aromatic carbocycles. The van der Waals surface area contributed by atoms with E-state index in [0.29, 0.717) is 0 Å². The molecule has 0 fully saturated rings. The molecule has 2 rings (SSSR count). The SMILES string of the molecule is Cc1cccc(CSCc2cccc(N)c2Br)c1. The third-order valence-corrected chi connectivity index (χ3v) is 4.74. The summed E-state index contributed by atoms with van der Waals surface area (Å²) in [6.45, 7) is 2.13. The van der Waals surface area contributed by atoms with Crippen molar-refractivity contribution in [2.75, 3.05) is 5.73 Å². The van der Waals surface area contributed by atoms with Crippen molar-refractivity contribution in [3.63, 3.8) is 0 Å². The fourth-order valence-corrected chi connectivity index (χ4v) is 3.36. The molecule has 0 saturated heterocycles. The van der Waals surface area contributed by atoms with Crippen molar-refractivity contribution in [1.82, 2.24) is 0 Å². The van der Waals surface area contributed by atoms with Crippen LogP contribution in [0.3, 0.4) is 0 Å². The van der Waals surface area contributed by atoms with Crippen molar-refractivity contribution < 1.29 is 0 Å². The van der Waals surface area contributed by atoms with Crippen LogP contribution in [0.4, 0.5) is 5.69 Å². The minimum Gasteiger partial charge on any atom is -0.398 e. The van der Waals surface area contributed by atoms with Crippen LogP contribution in [0.5, 0.6) is 0 Å². The molecule has 1 nitrogen and oxygen atoms in total. The molecule has 2 N–H and O–H groups in total. The molecule has 3 heteroatoms. The average molecular weight is 322 g/mol. The first-order valence-corrected chi connectivity index (χ1v) is 7.78. The van der Waals surface area contributed by atoms with E-state index in [-0.39, 0.29) is 0 Å². The van der Waals surface area contributed by atoms with Crippen LogP contribution in [0.25, 0.3) is 0 Å². The second kappa shape index (κ2) is 6.30. The number of aryl methyl sites for hydroxylation is 1. The van der Waals surface area contributed by atoms with Crippen LogP contribution >= 0.6 is 27.7 Å². The summed E-state index contributed by atoms with van der Waals surface area (Å²) in [5, 5.41) is 0. The quantitative estimate of drug-likeness (QED) is 0.820. The van der Waals surface area contributed by atoms with E-state index >= 15 is 0 Å². The molecule has 0 amide bonds. The van der Waals surface area contributed by atoms with Crippen LogP contribution in [0.15, 0.2) is 46.9 Å². The van der Waals surface area contributed by atoms with Gasteiger partial charge in [0, 0.05) is 21.7 Å². The van der Waals surface area contributed by atoms with Gasteiger partial charge in [-0.3, -0.25) is 0 Å². The molecule has 0 aliphatic carbocycles. The average Bonchev–Trinajstić information content (AvgIpc) is 2.35. The molecule has 0 heterocycles. The molecule has 94 valence electrons. The Morgan fingerprint density at radius 2 is 1.89 bits per heavy atom. The summed E-state index contributed by atoms with van der Waals surface area (Å²) in [5.41, 5.74) is 10.6. The number of hydrogen-bond acceptors (Lipinski definition) is 2. The number of rotatable bonds is 4. The van der Waals surface area contributed by atoms with Crippen LogP contribution in [0, 0.1) is 6.92 Å². The van der Waals surface area contributed by atoms with Crippen molar-refractivity contribution in [1.29, 1.82) is 0 Å². The summed E-state index contributed by atoms with van der Waals surface area (Å²) in [5.74, 6) is 2.00. The Labute approximate surface area is 121 Å². The third kappa shape index (κ3) is 3.53. The second-order valence-electron chi connectivity index (χ2n) is 4.30. The number of halogens is 1. The summed E-state index contributed by atoms with van der Waals surface area (Å²) in [7, 11) is 0. The molecule has 2 aromatic rings. The van der Waals surface area contributed by atoms with Crippen molar-refractivity contribution in [3.05, 3.63) is 63.6 Å². The lowest BCUT2D eigenvalue weighted by Gasteiger charge is -2.07. The van der Waals surface area contributed by atoms with Gasteiger partial charge in [-0.15, -0.1) is 0 Å². The first-order valence-electron chi connectivity index (χ1n) is 5.83. The highest BCUT2D eigenvalue weighted by atomic mass is 79.9. The molecule has 0 radical (unpaired) electrons.